The standard InChI is InChI=1S/C11H14BrF3N2/c1-8-9(12)4-5-10(17-8)16-7-3-2-6-11(13,14)15/h4-5H,2-3,6-7H2,1H3,(H,16,17). The Kier molecular flexibility index (Phi) is 5.24. The van der Waals surface area contributed by atoms with Crippen molar-refractivity contribution in [3.8, 4) is 0 Å². The number of halogens is 4. The van der Waals surface area contributed by atoms with E-state index < -0.39 is 12.6 Å². The van der Waals surface area contributed by atoms with Crippen LogP contribution in [0.25, 0.3) is 0 Å². The zero-order valence-corrected chi connectivity index (χ0v) is 11.0. The lowest BCUT2D eigenvalue weighted by molar-refractivity contribution is -0.135. The largest absolute Gasteiger partial charge is 0.389 e. The lowest BCUT2D eigenvalue weighted by atomic mass is 10.2. The fourth-order valence-corrected chi connectivity index (χ4v) is 1.53. The minimum absolute atomic E-state index is 0.145. The van der Waals surface area contributed by atoms with E-state index in [0.717, 1.165) is 10.2 Å². The van der Waals surface area contributed by atoms with Crippen molar-refractivity contribution >= 4 is 21.7 Å². The van der Waals surface area contributed by atoms with Gasteiger partial charge < -0.3 is 5.32 Å². The molecule has 17 heavy (non-hydrogen) atoms. The molecule has 0 saturated carbocycles. The Bertz CT molecular complexity index is 366. The summed E-state index contributed by atoms with van der Waals surface area (Å²) < 4.78 is 36.5. The Morgan fingerprint density at radius 3 is 2.59 bits per heavy atom. The average Bonchev–Trinajstić information content (AvgIpc) is 2.21. The zero-order valence-electron chi connectivity index (χ0n) is 9.44. The first-order valence-electron chi connectivity index (χ1n) is 5.32. The van der Waals surface area contributed by atoms with Gasteiger partial charge in [-0.05, 0) is 47.8 Å². The van der Waals surface area contributed by atoms with Crippen molar-refractivity contribution in [1.29, 1.82) is 0 Å². The molecule has 2 nitrogen and oxygen atoms in total. The smallest absolute Gasteiger partial charge is 0.370 e. The molecule has 6 heteroatoms. The maximum atomic E-state index is 11.9. The Hall–Kier alpha value is -0.780. The highest BCUT2D eigenvalue weighted by Gasteiger charge is 2.25. The summed E-state index contributed by atoms with van der Waals surface area (Å²) in [6, 6.07) is 3.65. The van der Waals surface area contributed by atoms with Crippen LogP contribution in [0.4, 0.5) is 19.0 Å². The van der Waals surface area contributed by atoms with Gasteiger partial charge in [-0.2, -0.15) is 13.2 Å². The number of rotatable bonds is 5. The predicted molar refractivity (Wildman–Crippen MR) is 65.1 cm³/mol. The van der Waals surface area contributed by atoms with E-state index in [1.54, 1.807) is 6.07 Å². The molecule has 0 radical (unpaired) electrons. The molecular weight excluding hydrogens is 297 g/mol. The number of hydrogen-bond acceptors (Lipinski definition) is 2. The summed E-state index contributed by atoms with van der Waals surface area (Å²) in [5.41, 5.74) is 0.852. The molecule has 0 fully saturated rings. The number of aromatic nitrogens is 1. The first-order valence-corrected chi connectivity index (χ1v) is 6.11. The third kappa shape index (κ3) is 5.91. The molecule has 0 aliphatic heterocycles. The molecule has 1 N–H and O–H groups in total. The van der Waals surface area contributed by atoms with Crippen LogP contribution in [0.1, 0.15) is 25.0 Å². The number of aryl methyl sites for hydroxylation is 1. The van der Waals surface area contributed by atoms with Crippen LogP contribution in [0.3, 0.4) is 0 Å². The Labute approximate surface area is 107 Å². The number of anilines is 1. The van der Waals surface area contributed by atoms with Gasteiger partial charge in [0.2, 0.25) is 0 Å². The average molecular weight is 311 g/mol. The lowest BCUT2D eigenvalue weighted by Gasteiger charge is -2.08. The van der Waals surface area contributed by atoms with E-state index in [2.05, 4.69) is 26.2 Å². The monoisotopic (exact) mass is 310 g/mol. The van der Waals surface area contributed by atoms with E-state index in [1.165, 1.54) is 0 Å². The van der Waals surface area contributed by atoms with Gasteiger partial charge in [0.05, 0.1) is 5.69 Å². The SMILES string of the molecule is Cc1nc(NCCCCC(F)(F)F)ccc1Br. The Balaban J connectivity index is 2.25. The molecule has 0 unspecified atom stereocenters. The van der Waals surface area contributed by atoms with Gasteiger partial charge in [0.25, 0.3) is 0 Å². The summed E-state index contributed by atoms with van der Waals surface area (Å²) in [7, 11) is 0. The van der Waals surface area contributed by atoms with Gasteiger partial charge in [0.15, 0.2) is 0 Å². The second-order valence-electron chi connectivity index (χ2n) is 3.76. The summed E-state index contributed by atoms with van der Waals surface area (Å²) in [6.45, 7) is 2.36. The molecule has 1 rings (SSSR count). The van der Waals surface area contributed by atoms with Crippen molar-refractivity contribution in [3.05, 3.63) is 22.3 Å². The number of hydrogen-bond donors (Lipinski definition) is 1. The predicted octanol–water partition coefficient (Wildman–Crippen LogP) is 4.30. The minimum atomic E-state index is -4.05. The van der Waals surface area contributed by atoms with E-state index in [-0.39, 0.29) is 6.42 Å². The van der Waals surface area contributed by atoms with Gasteiger partial charge in [0, 0.05) is 17.4 Å². The maximum Gasteiger partial charge on any atom is 0.389 e. The molecule has 1 heterocycles. The first kappa shape index (κ1) is 14.3. The molecule has 0 spiro atoms. The van der Waals surface area contributed by atoms with Crippen molar-refractivity contribution in [2.45, 2.75) is 32.4 Å². The van der Waals surface area contributed by atoms with Crippen LogP contribution in [0.2, 0.25) is 0 Å². The van der Waals surface area contributed by atoms with Crippen LogP contribution >= 0.6 is 15.9 Å². The van der Waals surface area contributed by atoms with Crippen molar-refractivity contribution < 1.29 is 13.2 Å². The first-order chi connectivity index (χ1) is 7.88. The molecule has 1 aromatic rings. The molecule has 0 atom stereocenters. The highest BCUT2D eigenvalue weighted by Crippen LogP contribution is 2.22. The quantitative estimate of drug-likeness (QED) is 0.820. The molecule has 1 aromatic heterocycles. The van der Waals surface area contributed by atoms with Gasteiger partial charge >= 0.3 is 6.18 Å². The van der Waals surface area contributed by atoms with Crippen LogP contribution in [0.15, 0.2) is 16.6 Å². The van der Waals surface area contributed by atoms with Gasteiger partial charge in [-0.1, -0.05) is 0 Å². The second kappa shape index (κ2) is 6.23. The molecule has 96 valence electrons. The minimum Gasteiger partial charge on any atom is -0.370 e. The van der Waals surface area contributed by atoms with E-state index in [4.69, 9.17) is 0 Å². The van der Waals surface area contributed by atoms with E-state index in [1.807, 2.05) is 13.0 Å². The summed E-state index contributed by atoms with van der Waals surface area (Å²) in [6.07, 6.45) is -4.14. The number of pyridine rings is 1. The van der Waals surface area contributed by atoms with Crippen LogP contribution in [0.5, 0.6) is 0 Å². The molecule has 0 aliphatic carbocycles. The maximum absolute atomic E-state index is 11.9. The van der Waals surface area contributed by atoms with E-state index in [0.29, 0.717) is 18.8 Å². The van der Waals surface area contributed by atoms with Gasteiger partial charge in [-0.15, -0.1) is 0 Å². The van der Waals surface area contributed by atoms with Crippen LogP contribution in [-0.2, 0) is 0 Å². The zero-order chi connectivity index (χ0) is 12.9. The number of alkyl halides is 3. The Morgan fingerprint density at radius 1 is 1.29 bits per heavy atom. The Morgan fingerprint density at radius 2 is 2.00 bits per heavy atom. The van der Waals surface area contributed by atoms with Crippen molar-refractivity contribution in [1.82, 2.24) is 4.98 Å². The normalized spacial score (nSPS) is 11.6. The van der Waals surface area contributed by atoms with Crippen molar-refractivity contribution in [3.63, 3.8) is 0 Å². The van der Waals surface area contributed by atoms with E-state index in [9.17, 15) is 13.2 Å². The van der Waals surface area contributed by atoms with Crippen molar-refractivity contribution in [2.75, 3.05) is 11.9 Å². The number of nitrogens with one attached hydrogen (secondary N) is 1. The molecule has 0 aromatic carbocycles. The third-order valence-corrected chi connectivity index (χ3v) is 3.05. The molecular formula is C11H14BrF3N2. The summed E-state index contributed by atoms with van der Waals surface area (Å²) in [5.74, 6) is 0.692. The topological polar surface area (TPSA) is 24.9 Å². The fraction of sp³-hybridized carbons (Fsp3) is 0.545. The molecule has 0 saturated heterocycles. The van der Waals surface area contributed by atoms with Crippen LogP contribution in [0, 0.1) is 6.92 Å². The second-order valence-corrected chi connectivity index (χ2v) is 4.62. The summed E-state index contributed by atoms with van der Waals surface area (Å²) >= 11 is 3.33. The van der Waals surface area contributed by atoms with E-state index >= 15 is 0 Å². The third-order valence-electron chi connectivity index (χ3n) is 2.21. The van der Waals surface area contributed by atoms with Gasteiger partial charge in [0.1, 0.15) is 5.82 Å². The van der Waals surface area contributed by atoms with Crippen molar-refractivity contribution in [2.24, 2.45) is 0 Å². The fourth-order valence-electron chi connectivity index (χ4n) is 1.31. The lowest BCUT2D eigenvalue weighted by Crippen LogP contribution is -2.09. The molecule has 0 aliphatic rings. The molecule has 0 bridgehead atoms. The number of unbranched alkanes of at least 4 members (excludes halogenated alkanes) is 1. The van der Waals surface area contributed by atoms with Gasteiger partial charge in [-0.25, -0.2) is 4.98 Å². The number of nitrogens with zero attached hydrogens (tertiary/aromatic N) is 1. The van der Waals surface area contributed by atoms with Crippen LogP contribution < -0.4 is 5.32 Å². The highest BCUT2D eigenvalue weighted by molar-refractivity contribution is 9.10. The van der Waals surface area contributed by atoms with Gasteiger partial charge in [-0.3, -0.25) is 0 Å². The van der Waals surface area contributed by atoms with Crippen LogP contribution in [-0.4, -0.2) is 17.7 Å². The highest BCUT2D eigenvalue weighted by atomic mass is 79.9. The summed E-state index contributed by atoms with van der Waals surface area (Å²) in [5, 5.41) is 3.00. The molecule has 0 amide bonds. The summed E-state index contributed by atoms with van der Waals surface area (Å²) in [4.78, 5) is 4.24.